The number of benzene rings is 1. The van der Waals surface area contributed by atoms with Gasteiger partial charge in [-0.25, -0.2) is 4.79 Å². The Morgan fingerprint density at radius 3 is 2.17 bits per heavy atom. The molecule has 14 nitrogen and oxygen atoms in total. The number of rotatable bonds is 18. The Morgan fingerprint density at radius 2 is 1.52 bits per heavy atom. The van der Waals surface area contributed by atoms with Crippen LogP contribution in [-0.4, -0.2) is 77.0 Å². The summed E-state index contributed by atoms with van der Waals surface area (Å²) in [6.07, 6.45) is 3.62. The predicted molar refractivity (Wildman–Crippen MR) is 161 cm³/mol. The van der Waals surface area contributed by atoms with Gasteiger partial charge in [0.05, 0.1) is 6.04 Å². The van der Waals surface area contributed by atoms with E-state index in [0.717, 1.165) is 16.5 Å². The second-order valence-electron chi connectivity index (χ2n) is 10.6. The van der Waals surface area contributed by atoms with E-state index in [9.17, 15) is 24.3 Å². The number of carbonyl (C=O) groups is 4. The first-order valence-electron chi connectivity index (χ1n) is 14.1. The highest BCUT2D eigenvalue weighted by molar-refractivity contribution is 5.95. The van der Waals surface area contributed by atoms with Crippen molar-refractivity contribution in [3.05, 3.63) is 36.0 Å². The summed E-state index contributed by atoms with van der Waals surface area (Å²) in [5.41, 5.74) is 23.9. The van der Waals surface area contributed by atoms with Crippen molar-refractivity contribution in [2.45, 2.75) is 76.5 Å². The van der Waals surface area contributed by atoms with Gasteiger partial charge in [0.15, 0.2) is 5.96 Å². The van der Waals surface area contributed by atoms with E-state index in [1.807, 2.05) is 24.3 Å². The number of fused-ring (bicyclic) bond motifs is 1. The van der Waals surface area contributed by atoms with Crippen LogP contribution in [0.1, 0.15) is 51.5 Å². The molecule has 0 aliphatic heterocycles. The van der Waals surface area contributed by atoms with Gasteiger partial charge in [0.2, 0.25) is 17.7 Å². The van der Waals surface area contributed by atoms with Gasteiger partial charge >= 0.3 is 5.97 Å². The first-order valence-corrected chi connectivity index (χ1v) is 14.1. The zero-order valence-electron chi connectivity index (χ0n) is 24.3. The van der Waals surface area contributed by atoms with Crippen molar-refractivity contribution in [2.75, 3.05) is 13.1 Å². The molecule has 0 saturated carbocycles. The standard InChI is InChI=1S/C28H45N9O5/c1-16(2)23(30)26(40)35-20(11-7-13-33-28(31)32)24(38)37-22(14-17-15-34-19-9-4-3-8-18(17)19)25(39)36-21(27(41)42)10-5-6-12-29/h3-4,8-9,15-16,20-23,34H,5-7,10-14,29-30H2,1-2H3,(H,35,40)(H,36,39)(H,37,38)(H,41,42)(H4,31,32,33). The fourth-order valence-electron chi connectivity index (χ4n) is 4.37. The third-order valence-electron chi connectivity index (χ3n) is 6.89. The lowest BCUT2D eigenvalue weighted by molar-refractivity contribution is -0.142. The average molecular weight is 588 g/mol. The molecule has 13 N–H and O–H groups in total. The lowest BCUT2D eigenvalue weighted by Gasteiger charge is -2.26. The quantitative estimate of drug-likeness (QED) is 0.0613. The number of hydrogen-bond donors (Lipinski definition) is 9. The second kappa shape index (κ2) is 16.9. The first-order chi connectivity index (χ1) is 19.9. The Bertz CT molecular complexity index is 1230. The number of nitrogens with one attached hydrogen (secondary N) is 4. The van der Waals surface area contributed by atoms with E-state index in [-0.39, 0.29) is 37.7 Å². The highest BCUT2D eigenvalue weighted by Crippen LogP contribution is 2.19. The van der Waals surface area contributed by atoms with Crippen LogP contribution in [0.4, 0.5) is 0 Å². The molecule has 0 saturated heterocycles. The van der Waals surface area contributed by atoms with Gasteiger partial charge in [0.25, 0.3) is 0 Å². The fourth-order valence-corrected chi connectivity index (χ4v) is 4.37. The smallest absolute Gasteiger partial charge is 0.326 e. The molecule has 14 heteroatoms. The fraction of sp³-hybridized carbons (Fsp3) is 0.536. The van der Waals surface area contributed by atoms with Crippen LogP contribution >= 0.6 is 0 Å². The van der Waals surface area contributed by atoms with Crippen LogP contribution in [-0.2, 0) is 25.6 Å². The number of aromatic amines is 1. The molecule has 2 aromatic rings. The van der Waals surface area contributed by atoms with Crippen LogP contribution in [0.5, 0.6) is 0 Å². The van der Waals surface area contributed by atoms with Crippen molar-refractivity contribution in [3.63, 3.8) is 0 Å². The van der Waals surface area contributed by atoms with E-state index in [4.69, 9.17) is 22.9 Å². The van der Waals surface area contributed by atoms with Crippen LogP contribution in [0.3, 0.4) is 0 Å². The number of carboxylic acids is 1. The van der Waals surface area contributed by atoms with Crippen molar-refractivity contribution in [2.24, 2.45) is 33.8 Å². The van der Waals surface area contributed by atoms with Crippen molar-refractivity contribution in [1.82, 2.24) is 20.9 Å². The van der Waals surface area contributed by atoms with Crippen LogP contribution < -0.4 is 38.9 Å². The van der Waals surface area contributed by atoms with Crippen molar-refractivity contribution >= 4 is 40.6 Å². The van der Waals surface area contributed by atoms with Gasteiger partial charge in [-0.2, -0.15) is 0 Å². The number of hydrogen-bond acceptors (Lipinski definition) is 7. The van der Waals surface area contributed by atoms with E-state index < -0.39 is 47.9 Å². The van der Waals surface area contributed by atoms with Gasteiger partial charge in [0, 0.05) is 30.1 Å². The highest BCUT2D eigenvalue weighted by Gasteiger charge is 2.31. The largest absolute Gasteiger partial charge is 0.480 e. The minimum absolute atomic E-state index is 0.0664. The maximum absolute atomic E-state index is 13.6. The number of guanidine groups is 1. The third kappa shape index (κ3) is 10.7. The number of nitrogens with two attached hydrogens (primary N) is 4. The lowest BCUT2D eigenvalue weighted by atomic mass is 10.0. The van der Waals surface area contributed by atoms with Crippen LogP contribution in [0.2, 0.25) is 0 Å². The SMILES string of the molecule is CC(C)C(N)C(=O)NC(CCCN=C(N)N)C(=O)NC(Cc1c[nH]c2ccccc12)C(=O)NC(CCCCN)C(=O)O. The predicted octanol–water partition coefficient (Wildman–Crippen LogP) is -0.585. The monoisotopic (exact) mass is 587 g/mol. The van der Waals surface area contributed by atoms with Gasteiger partial charge in [0.1, 0.15) is 18.1 Å². The van der Waals surface area contributed by atoms with Gasteiger partial charge in [-0.05, 0) is 56.2 Å². The van der Waals surface area contributed by atoms with Crippen molar-refractivity contribution in [1.29, 1.82) is 0 Å². The summed E-state index contributed by atoms with van der Waals surface area (Å²) in [6, 6.07) is 3.27. The molecule has 3 amide bonds. The Morgan fingerprint density at radius 1 is 0.905 bits per heavy atom. The lowest BCUT2D eigenvalue weighted by Crippen LogP contribution is -2.58. The molecule has 0 bridgehead atoms. The molecule has 1 heterocycles. The van der Waals surface area contributed by atoms with Gasteiger partial charge in [-0.1, -0.05) is 32.0 Å². The Balaban J connectivity index is 2.32. The highest BCUT2D eigenvalue weighted by atomic mass is 16.4. The number of H-pyrrole nitrogens is 1. The molecule has 232 valence electrons. The minimum Gasteiger partial charge on any atom is -0.480 e. The van der Waals surface area contributed by atoms with Gasteiger partial charge < -0.3 is 49.0 Å². The third-order valence-corrected chi connectivity index (χ3v) is 6.89. The molecular weight excluding hydrogens is 542 g/mol. The van der Waals surface area contributed by atoms with Gasteiger partial charge in [-0.3, -0.25) is 19.4 Å². The maximum Gasteiger partial charge on any atom is 0.326 e. The molecule has 0 radical (unpaired) electrons. The summed E-state index contributed by atoms with van der Waals surface area (Å²) in [4.78, 5) is 58.8. The second-order valence-corrected chi connectivity index (χ2v) is 10.6. The number of para-hydroxylation sites is 1. The van der Waals surface area contributed by atoms with E-state index in [0.29, 0.717) is 25.8 Å². The zero-order chi connectivity index (χ0) is 31.2. The minimum atomic E-state index is -1.19. The van der Waals surface area contributed by atoms with E-state index >= 15 is 0 Å². The summed E-state index contributed by atoms with van der Waals surface area (Å²) < 4.78 is 0. The Hall–Kier alpha value is -4.17. The topological polar surface area (TPSA) is 257 Å². The van der Waals surface area contributed by atoms with E-state index in [1.54, 1.807) is 20.0 Å². The molecule has 0 aliphatic carbocycles. The normalized spacial score (nSPS) is 14.0. The Kier molecular flexibility index (Phi) is 13.7. The zero-order valence-corrected chi connectivity index (χ0v) is 24.3. The average Bonchev–Trinajstić information content (AvgIpc) is 3.35. The molecule has 4 atom stereocenters. The van der Waals surface area contributed by atoms with E-state index in [2.05, 4.69) is 25.9 Å². The summed E-state index contributed by atoms with van der Waals surface area (Å²) in [6.45, 7) is 4.19. The van der Waals surface area contributed by atoms with Crippen LogP contribution in [0.25, 0.3) is 10.9 Å². The molecule has 4 unspecified atom stereocenters. The summed E-state index contributed by atoms with van der Waals surface area (Å²) in [7, 11) is 0. The summed E-state index contributed by atoms with van der Waals surface area (Å²) in [5, 5.41) is 18.5. The summed E-state index contributed by atoms with van der Waals surface area (Å²) in [5.74, 6) is -3.28. The number of nitrogens with zero attached hydrogens (tertiary/aromatic N) is 1. The molecule has 0 fully saturated rings. The molecular formula is C28H45N9O5. The molecule has 1 aromatic carbocycles. The molecule has 0 aliphatic rings. The number of aliphatic carboxylic acids is 1. The molecule has 1 aromatic heterocycles. The Labute approximate surface area is 245 Å². The van der Waals surface area contributed by atoms with Gasteiger partial charge in [-0.15, -0.1) is 0 Å². The number of amides is 3. The number of aromatic nitrogens is 1. The number of unbranched alkanes of at least 4 members (excludes halogenated alkanes) is 1. The number of carbonyl (C=O) groups excluding carboxylic acids is 3. The van der Waals surface area contributed by atoms with Crippen LogP contribution in [0, 0.1) is 5.92 Å². The van der Waals surface area contributed by atoms with E-state index in [1.165, 1.54) is 0 Å². The van der Waals surface area contributed by atoms with Crippen molar-refractivity contribution in [3.8, 4) is 0 Å². The number of aliphatic imine (C=N–C) groups is 1. The summed E-state index contributed by atoms with van der Waals surface area (Å²) >= 11 is 0. The molecule has 2 rings (SSSR count). The first kappa shape index (κ1) is 34.0. The van der Waals surface area contributed by atoms with Crippen LogP contribution in [0.15, 0.2) is 35.5 Å². The number of carboxylic acid groups (broad SMARTS) is 1. The van der Waals surface area contributed by atoms with Crippen molar-refractivity contribution < 1.29 is 24.3 Å². The molecule has 0 spiro atoms. The maximum atomic E-state index is 13.6. The molecule has 42 heavy (non-hydrogen) atoms.